The lowest BCUT2D eigenvalue weighted by Gasteiger charge is -2.07. The van der Waals surface area contributed by atoms with E-state index in [-0.39, 0.29) is 5.69 Å². The molecule has 0 saturated heterocycles. The van der Waals surface area contributed by atoms with Gasteiger partial charge in [0.1, 0.15) is 0 Å². The van der Waals surface area contributed by atoms with Crippen LogP contribution in [0.3, 0.4) is 0 Å². The molecule has 2 aromatic rings. The second kappa shape index (κ2) is 6.70. The molecule has 0 amide bonds. The third kappa shape index (κ3) is 3.70. The number of halogens is 2. The van der Waals surface area contributed by atoms with E-state index in [9.17, 15) is 10.1 Å². The monoisotopic (exact) mass is 310 g/mol. The topological polar surface area (TPSA) is 55.2 Å². The predicted molar refractivity (Wildman–Crippen MR) is 80.1 cm³/mol. The first kappa shape index (κ1) is 14.8. The van der Waals surface area contributed by atoms with Crippen molar-refractivity contribution in [2.75, 3.05) is 0 Å². The lowest BCUT2D eigenvalue weighted by molar-refractivity contribution is -0.384. The van der Waals surface area contributed by atoms with Crippen LogP contribution in [-0.4, -0.2) is 4.92 Å². The first-order valence-electron chi connectivity index (χ1n) is 5.95. The first-order chi connectivity index (χ1) is 9.58. The number of nitrogens with zero attached hydrogens (tertiary/aromatic N) is 1. The Hall–Kier alpha value is -1.62. The Morgan fingerprint density at radius 2 is 1.75 bits per heavy atom. The molecular formula is C14H12Cl2N2O2. The van der Waals surface area contributed by atoms with Gasteiger partial charge < -0.3 is 5.32 Å². The molecule has 20 heavy (non-hydrogen) atoms. The molecule has 0 heterocycles. The lowest BCUT2D eigenvalue weighted by Crippen LogP contribution is -2.13. The minimum absolute atomic E-state index is 0.0895. The fraction of sp³-hybridized carbons (Fsp3) is 0.143. The second-order valence-corrected chi connectivity index (χ2v) is 5.03. The molecule has 104 valence electrons. The summed E-state index contributed by atoms with van der Waals surface area (Å²) in [7, 11) is 0. The molecule has 0 aromatic heterocycles. The highest BCUT2D eigenvalue weighted by atomic mass is 35.5. The van der Waals surface area contributed by atoms with E-state index in [2.05, 4.69) is 5.32 Å². The van der Waals surface area contributed by atoms with E-state index in [4.69, 9.17) is 23.2 Å². The number of hydrogen-bond donors (Lipinski definition) is 1. The molecule has 0 saturated carbocycles. The predicted octanol–water partition coefficient (Wildman–Crippen LogP) is 4.19. The van der Waals surface area contributed by atoms with E-state index >= 15 is 0 Å². The van der Waals surface area contributed by atoms with Gasteiger partial charge in [0.15, 0.2) is 0 Å². The summed E-state index contributed by atoms with van der Waals surface area (Å²) in [5, 5.41) is 14.8. The normalized spacial score (nSPS) is 10.5. The summed E-state index contributed by atoms with van der Waals surface area (Å²) >= 11 is 12.0. The summed E-state index contributed by atoms with van der Waals surface area (Å²) in [5.41, 5.74) is 1.97. The van der Waals surface area contributed by atoms with Crippen molar-refractivity contribution >= 4 is 28.9 Å². The third-order valence-electron chi connectivity index (χ3n) is 2.82. The van der Waals surface area contributed by atoms with Crippen LogP contribution in [0.4, 0.5) is 5.69 Å². The van der Waals surface area contributed by atoms with Gasteiger partial charge in [0.25, 0.3) is 5.69 Å². The average molecular weight is 311 g/mol. The Kier molecular flexibility index (Phi) is 4.95. The molecule has 6 heteroatoms. The smallest absolute Gasteiger partial charge is 0.269 e. The highest BCUT2D eigenvalue weighted by Gasteiger charge is 2.05. The summed E-state index contributed by atoms with van der Waals surface area (Å²) in [5.74, 6) is 0. The standard InChI is InChI=1S/C14H12Cl2N2O2/c15-13-3-1-2-11(14(13)16)9-17-8-10-4-6-12(7-5-10)18(19)20/h1-7,17H,8-9H2. The van der Waals surface area contributed by atoms with Gasteiger partial charge in [-0.2, -0.15) is 0 Å². The zero-order chi connectivity index (χ0) is 14.5. The van der Waals surface area contributed by atoms with E-state index in [1.807, 2.05) is 12.1 Å². The zero-order valence-electron chi connectivity index (χ0n) is 10.5. The van der Waals surface area contributed by atoms with Crippen LogP contribution in [0.2, 0.25) is 10.0 Å². The van der Waals surface area contributed by atoms with Crippen LogP contribution in [-0.2, 0) is 13.1 Å². The largest absolute Gasteiger partial charge is 0.309 e. The van der Waals surface area contributed by atoms with Crippen LogP contribution < -0.4 is 5.32 Å². The van der Waals surface area contributed by atoms with Crippen molar-refractivity contribution in [3.63, 3.8) is 0 Å². The van der Waals surface area contributed by atoms with Gasteiger partial charge in [0.2, 0.25) is 0 Å². The minimum atomic E-state index is -0.414. The molecule has 0 bridgehead atoms. The average Bonchev–Trinajstić information content (AvgIpc) is 2.44. The molecule has 0 spiro atoms. The summed E-state index contributed by atoms with van der Waals surface area (Å²) in [6.07, 6.45) is 0. The summed E-state index contributed by atoms with van der Waals surface area (Å²) in [4.78, 5) is 10.1. The molecule has 2 aromatic carbocycles. The molecule has 0 radical (unpaired) electrons. The molecule has 1 N–H and O–H groups in total. The highest BCUT2D eigenvalue weighted by molar-refractivity contribution is 6.42. The van der Waals surface area contributed by atoms with Gasteiger partial charge in [-0.05, 0) is 17.2 Å². The Labute approximate surface area is 126 Å². The molecule has 0 aliphatic heterocycles. The van der Waals surface area contributed by atoms with E-state index in [0.29, 0.717) is 23.1 Å². The van der Waals surface area contributed by atoms with E-state index < -0.39 is 4.92 Å². The molecule has 0 aliphatic rings. The van der Waals surface area contributed by atoms with Gasteiger partial charge >= 0.3 is 0 Å². The maximum absolute atomic E-state index is 10.5. The quantitative estimate of drug-likeness (QED) is 0.665. The van der Waals surface area contributed by atoms with Crippen molar-refractivity contribution in [2.45, 2.75) is 13.1 Å². The van der Waals surface area contributed by atoms with Gasteiger partial charge in [-0.1, -0.05) is 47.5 Å². The molecule has 0 unspecified atom stereocenters. The number of nitro benzene ring substituents is 1. The van der Waals surface area contributed by atoms with Crippen LogP contribution in [0, 0.1) is 10.1 Å². The summed E-state index contributed by atoms with van der Waals surface area (Å²) in [6, 6.07) is 11.9. The van der Waals surface area contributed by atoms with Crippen LogP contribution in [0.15, 0.2) is 42.5 Å². The number of rotatable bonds is 5. The van der Waals surface area contributed by atoms with Crippen molar-refractivity contribution < 1.29 is 4.92 Å². The molecule has 0 fully saturated rings. The molecule has 0 aliphatic carbocycles. The van der Waals surface area contributed by atoms with Crippen molar-refractivity contribution in [3.05, 3.63) is 73.8 Å². The molecular weight excluding hydrogens is 299 g/mol. The van der Waals surface area contributed by atoms with Crippen molar-refractivity contribution in [2.24, 2.45) is 0 Å². The lowest BCUT2D eigenvalue weighted by atomic mass is 10.2. The van der Waals surface area contributed by atoms with Gasteiger partial charge in [-0.3, -0.25) is 10.1 Å². The van der Waals surface area contributed by atoms with Gasteiger partial charge in [0.05, 0.1) is 15.0 Å². The van der Waals surface area contributed by atoms with Crippen LogP contribution in [0.5, 0.6) is 0 Å². The van der Waals surface area contributed by atoms with Crippen molar-refractivity contribution in [3.8, 4) is 0 Å². The second-order valence-electron chi connectivity index (χ2n) is 4.24. The Morgan fingerprint density at radius 1 is 1.05 bits per heavy atom. The first-order valence-corrected chi connectivity index (χ1v) is 6.70. The minimum Gasteiger partial charge on any atom is -0.309 e. The Balaban J connectivity index is 1.92. The molecule has 4 nitrogen and oxygen atoms in total. The number of nitro groups is 1. The fourth-order valence-corrected chi connectivity index (χ4v) is 2.15. The third-order valence-corrected chi connectivity index (χ3v) is 3.68. The SMILES string of the molecule is O=[N+]([O-])c1ccc(CNCc2cccc(Cl)c2Cl)cc1. The Bertz CT molecular complexity index is 615. The number of non-ortho nitro benzene ring substituents is 1. The van der Waals surface area contributed by atoms with Crippen LogP contribution in [0.25, 0.3) is 0 Å². The van der Waals surface area contributed by atoms with E-state index in [0.717, 1.165) is 11.1 Å². The number of hydrogen-bond acceptors (Lipinski definition) is 3. The maximum Gasteiger partial charge on any atom is 0.269 e. The van der Waals surface area contributed by atoms with Gasteiger partial charge in [0, 0.05) is 25.2 Å². The zero-order valence-corrected chi connectivity index (χ0v) is 12.0. The van der Waals surface area contributed by atoms with Gasteiger partial charge in [-0.15, -0.1) is 0 Å². The van der Waals surface area contributed by atoms with E-state index in [1.54, 1.807) is 18.2 Å². The highest BCUT2D eigenvalue weighted by Crippen LogP contribution is 2.25. The Morgan fingerprint density at radius 3 is 2.40 bits per heavy atom. The van der Waals surface area contributed by atoms with E-state index in [1.165, 1.54) is 12.1 Å². The molecule has 0 atom stereocenters. The van der Waals surface area contributed by atoms with Gasteiger partial charge in [-0.25, -0.2) is 0 Å². The van der Waals surface area contributed by atoms with Crippen molar-refractivity contribution in [1.29, 1.82) is 0 Å². The fourth-order valence-electron chi connectivity index (χ4n) is 1.76. The summed E-state index contributed by atoms with van der Waals surface area (Å²) < 4.78 is 0. The van der Waals surface area contributed by atoms with Crippen LogP contribution >= 0.6 is 23.2 Å². The van der Waals surface area contributed by atoms with Crippen LogP contribution in [0.1, 0.15) is 11.1 Å². The maximum atomic E-state index is 10.5. The molecule has 2 rings (SSSR count). The number of nitrogens with one attached hydrogen (secondary N) is 1. The number of benzene rings is 2. The summed E-state index contributed by atoms with van der Waals surface area (Å²) in [6.45, 7) is 1.18. The van der Waals surface area contributed by atoms with Crippen molar-refractivity contribution in [1.82, 2.24) is 5.32 Å².